The van der Waals surface area contributed by atoms with Crippen molar-refractivity contribution < 1.29 is 9.18 Å². The van der Waals surface area contributed by atoms with Gasteiger partial charge in [0.25, 0.3) is 0 Å². The zero-order chi connectivity index (χ0) is 8.20. The van der Waals surface area contributed by atoms with Crippen LogP contribution < -0.4 is 0 Å². The summed E-state index contributed by atoms with van der Waals surface area (Å²) in [6, 6.07) is -1.20. The van der Waals surface area contributed by atoms with Gasteiger partial charge in [0.1, 0.15) is 0 Å². The molecular weight excluding hydrogens is 131 g/mol. The molecule has 0 aromatic heterocycles. The van der Waals surface area contributed by atoms with Crippen molar-refractivity contribution in [3.63, 3.8) is 0 Å². The van der Waals surface area contributed by atoms with E-state index in [1.807, 2.05) is 20.8 Å². The van der Waals surface area contributed by atoms with E-state index in [9.17, 15) is 9.18 Å². The molecule has 0 spiro atoms. The maximum atomic E-state index is 11.9. The van der Waals surface area contributed by atoms with Crippen LogP contribution in [0.25, 0.3) is 0 Å². The lowest BCUT2D eigenvalue weighted by atomic mass is 9.85. The van der Waals surface area contributed by atoms with E-state index in [0.29, 0.717) is 0 Å². The molecule has 1 nitrogen and oxygen atoms in total. The van der Waals surface area contributed by atoms with Gasteiger partial charge in [-0.05, 0) is 11.8 Å². The smallest absolute Gasteiger partial charge is 0.261 e. The molecular formula is C8H15FO. The Bertz CT molecular complexity index is 118. The maximum Gasteiger partial charge on any atom is 0.302 e. The van der Waals surface area contributed by atoms with Crippen LogP contribution in [-0.2, 0) is 4.79 Å². The van der Waals surface area contributed by atoms with E-state index in [4.69, 9.17) is 0 Å². The second kappa shape index (κ2) is 3.69. The lowest BCUT2D eigenvalue weighted by Gasteiger charge is -2.20. The van der Waals surface area contributed by atoms with Crippen LogP contribution in [0, 0.1) is 5.41 Å². The van der Waals surface area contributed by atoms with E-state index >= 15 is 0 Å². The molecule has 0 unspecified atom stereocenters. The predicted molar refractivity (Wildman–Crippen MR) is 39.4 cm³/mol. The summed E-state index contributed by atoms with van der Waals surface area (Å²) < 4.78 is 11.9. The Morgan fingerprint density at radius 3 is 2.30 bits per heavy atom. The number of carbonyl (C=O) groups excluding carboxylic acids is 1. The molecule has 60 valence electrons. The van der Waals surface area contributed by atoms with Crippen molar-refractivity contribution in [3.05, 3.63) is 0 Å². The van der Waals surface area contributed by atoms with E-state index in [0.717, 1.165) is 12.8 Å². The molecule has 0 bridgehead atoms. The van der Waals surface area contributed by atoms with Gasteiger partial charge in [-0.25, -0.2) is 0 Å². The Kier molecular flexibility index (Phi) is 3.54. The van der Waals surface area contributed by atoms with Crippen LogP contribution in [0.15, 0.2) is 0 Å². The summed E-state index contributed by atoms with van der Waals surface area (Å²) in [7, 11) is 0. The van der Waals surface area contributed by atoms with E-state index in [1.54, 1.807) is 0 Å². The SMILES string of the molecule is CCCC(C)(C)CC(=O)F. The summed E-state index contributed by atoms with van der Waals surface area (Å²) in [5, 5.41) is 0. The highest BCUT2D eigenvalue weighted by Crippen LogP contribution is 2.26. The van der Waals surface area contributed by atoms with Gasteiger partial charge in [-0.2, -0.15) is 4.39 Å². The fourth-order valence-electron chi connectivity index (χ4n) is 1.14. The third-order valence-electron chi connectivity index (χ3n) is 1.54. The maximum absolute atomic E-state index is 11.9. The van der Waals surface area contributed by atoms with E-state index in [1.165, 1.54) is 0 Å². The van der Waals surface area contributed by atoms with Crippen molar-refractivity contribution in [3.8, 4) is 0 Å². The zero-order valence-electron chi connectivity index (χ0n) is 6.91. The Morgan fingerprint density at radius 1 is 1.50 bits per heavy atom. The second-order valence-electron chi connectivity index (χ2n) is 3.45. The van der Waals surface area contributed by atoms with E-state index in [2.05, 4.69) is 0 Å². The molecule has 0 saturated carbocycles. The highest BCUT2D eigenvalue weighted by molar-refractivity contribution is 5.68. The monoisotopic (exact) mass is 146 g/mol. The minimum atomic E-state index is -1.20. The van der Waals surface area contributed by atoms with Gasteiger partial charge in [0, 0.05) is 6.42 Å². The predicted octanol–water partition coefficient (Wildman–Crippen LogP) is 2.70. The molecule has 0 aromatic rings. The molecule has 0 N–H and O–H groups in total. The summed E-state index contributed by atoms with van der Waals surface area (Å²) in [6.07, 6.45) is 1.96. The standard InChI is InChI=1S/C8H15FO/c1-4-5-8(2,3)6-7(9)10/h4-6H2,1-3H3. The van der Waals surface area contributed by atoms with E-state index in [-0.39, 0.29) is 11.8 Å². The highest BCUT2D eigenvalue weighted by atomic mass is 19.1. The van der Waals surface area contributed by atoms with Crippen molar-refractivity contribution in [2.24, 2.45) is 5.41 Å². The second-order valence-corrected chi connectivity index (χ2v) is 3.45. The largest absolute Gasteiger partial charge is 0.302 e. The molecule has 0 heterocycles. The first kappa shape index (κ1) is 9.60. The first-order valence-electron chi connectivity index (χ1n) is 3.66. The van der Waals surface area contributed by atoms with Crippen LogP contribution >= 0.6 is 0 Å². The van der Waals surface area contributed by atoms with Crippen molar-refractivity contribution in [2.75, 3.05) is 0 Å². The number of carbonyl (C=O) groups is 1. The number of hydrogen-bond donors (Lipinski definition) is 0. The van der Waals surface area contributed by atoms with Gasteiger partial charge < -0.3 is 0 Å². The Hall–Kier alpha value is -0.400. The van der Waals surface area contributed by atoms with Gasteiger partial charge >= 0.3 is 6.04 Å². The Balaban J connectivity index is 3.74. The quantitative estimate of drug-likeness (QED) is 0.557. The lowest BCUT2D eigenvalue weighted by Crippen LogP contribution is -2.14. The van der Waals surface area contributed by atoms with Gasteiger partial charge in [0.05, 0.1) is 0 Å². The summed E-state index contributed by atoms with van der Waals surface area (Å²) in [5.74, 6) is 0. The molecule has 10 heavy (non-hydrogen) atoms. The van der Waals surface area contributed by atoms with Crippen LogP contribution in [-0.4, -0.2) is 6.04 Å². The summed E-state index contributed by atoms with van der Waals surface area (Å²) in [5.41, 5.74) is -0.152. The van der Waals surface area contributed by atoms with Gasteiger partial charge in [0.2, 0.25) is 0 Å². The van der Waals surface area contributed by atoms with Crippen molar-refractivity contribution in [2.45, 2.75) is 40.0 Å². The molecule has 0 aliphatic rings. The van der Waals surface area contributed by atoms with Crippen molar-refractivity contribution in [1.82, 2.24) is 0 Å². The third-order valence-corrected chi connectivity index (χ3v) is 1.54. The molecule has 2 heteroatoms. The highest BCUT2D eigenvalue weighted by Gasteiger charge is 2.20. The lowest BCUT2D eigenvalue weighted by molar-refractivity contribution is -0.131. The number of rotatable bonds is 4. The molecule has 0 aliphatic heterocycles. The molecule has 0 aromatic carbocycles. The van der Waals surface area contributed by atoms with Crippen LogP contribution in [0.3, 0.4) is 0 Å². The zero-order valence-corrected chi connectivity index (χ0v) is 6.91. The molecule has 0 rings (SSSR count). The molecule has 0 radical (unpaired) electrons. The van der Waals surface area contributed by atoms with Crippen LogP contribution in [0.2, 0.25) is 0 Å². The van der Waals surface area contributed by atoms with Crippen molar-refractivity contribution in [1.29, 1.82) is 0 Å². The third kappa shape index (κ3) is 4.48. The van der Waals surface area contributed by atoms with Crippen molar-refractivity contribution >= 4 is 6.04 Å². The minimum absolute atomic E-state index is 0.0564. The molecule has 0 atom stereocenters. The van der Waals surface area contributed by atoms with Crippen LogP contribution in [0.1, 0.15) is 40.0 Å². The number of hydrogen-bond acceptors (Lipinski definition) is 1. The number of halogens is 1. The summed E-state index contributed by atoms with van der Waals surface area (Å²) in [6.45, 7) is 5.85. The summed E-state index contributed by atoms with van der Waals surface area (Å²) >= 11 is 0. The van der Waals surface area contributed by atoms with Gasteiger partial charge in [-0.1, -0.05) is 27.2 Å². The summed E-state index contributed by atoms with van der Waals surface area (Å²) in [4.78, 5) is 10.1. The normalized spacial score (nSPS) is 11.6. The minimum Gasteiger partial charge on any atom is -0.261 e. The van der Waals surface area contributed by atoms with E-state index < -0.39 is 6.04 Å². The Morgan fingerprint density at radius 2 is 2.00 bits per heavy atom. The first-order valence-corrected chi connectivity index (χ1v) is 3.66. The van der Waals surface area contributed by atoms with Gasteiger partial charge in [-0.15, -0.1) is 0 Å². The molecule has 0 saturated heterocycles. The topological polar surface area (TPSA) is 17.1 Å². The van der Waals surface area contributed by atoms with Crippen LogP contribution in [0.4, 0.5) is 4.39 Å². The van der Waals surface area contributed by atoms with Gasteiger partial charge in [0.15, 0.2) is 0 Å². The van der Waals surface area contributed by atoms with Gasteiger partial charge in [-0.3, -0.25) is 4.79 Å². The average molecular weight is 146 g/mol. The molecule has 0 aliphatic carbocycles. The Labute approximate surface area is 61.6 Å². The molecule has 0 fully saturated rings. The molecule has 0 amide bonds. The average Bonchev–Trinajstić information content (AvgIpc) is 1.59. The first-order chi connectivity index (χ1) is 4.48. The van der Waals surface area contributed by atoms with Crippen LogP contribution in [0.5, 0.6) is 0 Å². The fraction of sp³-hybridized carbons (Fsp3) is 0.875. The fourth-order valence-corrected chi connectivity index (χ4v) is 1.14.